The number of hydrogen-bond donors (Lipinski definition) is 0. The molecule has 0 N–H and O–H groups in total. The third-order valence-corrected chi connectivity index (χ3v) is 4.04. The Hall–Kier alpha value is -2.53. The van der Waals surface area contributed by atoms with Gasteiger partial charge in [-0.05, 0) is 18.2 Å². The molecule has 0 bridgehead atoms. The topological polar surface area (TPSA) is 38.2 Å². The number of halogens is 1. The summed E-state index contributed by atoms with van der Waals surface area (Å²) < 4.78 is 19.3. The van der Waals surface area contributed by atoms with Crippen LogP contribution in [-0.2, 0) is 11.3 Å². The van der Waals surface area contributed by atoms with E-state index in [1.807, 2.05) is 30.3 Å². The summed E-state index contributed by atoms with van der Waals surface area (Å²) in [4.78, 5) is 11.1. The van der Waals surface area contributed by atoms with E-state index < -0.39 is 0 Å². The first-order valence-corrected chi connectivity index (χ1v) is 7.61. The van der Waals surface area contributed by atoms with E-state index >= 15 is 0 Å². The second kappa shape index (κ2) is 5.93. The van der Waals surface area contributed by atoms with Gasteiger partial charge >= 0.3 is 0 Å². The molecule has 4 rings (SSSR count). The van der Waals surface area contributed by atoms with Crippen molar-refractivity contribution < 1.29 is 9.13 Å². The van der Waals surface area contributed by atoms with Crippen molar-refractivity contribution in [2.24, 2.45) is 0 Å². The lowest BCUT2D eigenvalue weighted by atomic mass is 10.1. The highest BCUT2D eigenvalue weighted by Crippen LogP contribution is 2.22. The lowest BCUT2D eigenvalue weighted by Gasteiger charge is -2.39. The first-order chi connectivity index (χ1) is 11.3. The Bertz CT molecular complexity index is 833. The van der Waals surface area contributed by atoms with Gasteiger partial charge in [-0.25, -0.2) is 9.37 Å². The largest absolute Gasteiger partial charge is 0.370 e. The lowest BCUT2D eigenvalue weighted by Crippen LogP contribution is -2.52. The number of fused-ring (bicyclic) bond motifs is 1. The predicted molar refractivity (Wildman–Crippen MR) is 86.7 cm³/mol. The number of hydrogen-bond acceptors (Lipinski definition) is 4. The molecule has 5 heteroatoms. The van der Waals surface area contributed by atoms with E-state index in [1.54, 1.807) is 18.3 Å². The first-order valence-electron chi connectivity index (χ1n) is 7.61. The average molecular weight is 309 g/mol. The predicted octanol–water partition coefficient (Wildman–Crippen LogP) is 3.17. The van der Waals surface area contributed by atoms with Gasteiger partial charge in [0.25, 0.3) is 0 Å². The van der Waals surface area contributed by atoms with E-state index in [9.17, 15) is 4.39 Å². The van der Waals surface area contributed by atoms with Gasteiger partial charge in [-0.3, -0.25) is 4.98 Å². The molecule has 3 aromatic rings. The highest BCUT2D eigenvalue weighted by atomic mass is 19.1. The minimum Gasteiger partial charge on any atom is -0.370 e. The molecule has 116 valence electrons. The van der Waals surface area contributed by atoms with E-state index in [0.717, 1.165) is 29.9 Å². The maximum absolute atomic E-state index is 13.5. The fourth-order valence-corrected chi connectivity index (χ4v) is 2.65. The van der Waals surface area contributed by atoms with Gasteiger partial charge in [0.15, 0.2) is 0 Å². The minimum atomic E-state index is -0.218. The van der Waals surface area contributed by atoms with Gasteiger partial charge in [0, 0.05) is 18.7 Å². The van der Waals surface area contributed by atoms with E-state index in [4.69, 9.17) is 4.74 Å². The molecular weight excluding hydrogens is 293 g/mol. The number of benzene rings is 2. The summed E-state index contributed by atoms with van der Waals surface area (Å²) in [6.07, 6.45) is 1.89. The zero-order valence-corrected chi connectivity index (χ0v) is 12.5. The molecule has 0 aliphatic carbocycles. The second-order valence-corrected chi connectivity index (χ2v) is 5.65. The van der Waals surface area contributed by atoms with E-state index in [-0.39, 0.29) is 11.9 Å². The molecule has 0 unspecified atom stereocenters. The molecule has 0 saturated carbocycles. The lowest BCUT2D eigenvalue weighted by molar-refractivity contribution is 0.0208. The molecule has 1 aromatic heterocycles. The summed E-state index contributed by atoms with van der Waals surface area (Å²) in [5, 5.41) is 0. The van der Waals surface area contributed by atoms with Gasteiger partial charge in [-0.15, -0.1) is 0 Å². The van der Waals surface area contributed by atoms with Crippen LogP contribution in [-0.4, -0.2) is 29.2 Å². The van der Waals surface area contributed by atoms with Crippen LogP contribution < -0.4 is 4.90 Å². The Morgan fingerprint density at radius 3 is 2.61 bits per heavy atom. The number of ether oxygens (including phenoxy) is 1. The van der Waals surface area contributed by atoms with Gasteiger partial charge < -0.3 is 9.64 Å². The van der Waals surface area contributed by atoms with E-state index in [2.05, 4.69) is 14.9 Å². The van der Waals surface area contributed by atoms with Gasteiger partial charge in [0.05, 0.1) is 29.9 Å². The Labute approximate surface area is 133 Å². The van der Waals surface area contributed by atoms with Crippen molar-refractivity contribution in [2.75, 3.05) is 18.0 Å². The van der Waals surface area contributed by atoms with Crippen molar-refractivity contribution in [3.8, 4) is 0 Å². The molecule has 2 aromatic carbocycles. The number of aromatic nitrogens is 2. The van der Waals surface area contributed by atoms with Crippen LogP contribution in [0.2, 0.25) is 0 Å². The molecule has 0 amide bonds. The van der Waals surface area contributed by atoms with Crippen LogP contribution in [0.1, 0.15) is 5.56 Å². The zero-order chi connectivity index (χ0) is 15.6. The summed E-state index contributed by atoms with van der Waals surface area (Å²) in [5.41, 5.74) is 2.38. The molecule has 1 saturated heterocycles. The maximum Gasteiger partial charge on any atom is 0.148 e. The number of para-hydroxylation sites is 2. The summed E-state index contributed by atoms with van der Waals surface area (Å²) >= 11 is 0. The van der Waals surface area contributed by atoms with Crippen LogP contribution in [0.4, 0.5) is 10.2 Å². The number of anilines is 1. The molecular formula is C18H16FN3O. The molecule has 0 radical (unpaired) electrons. The molecule has 23 heavy (non-hydrogen) atoms. The fourth-order valence-electron chi connectivity index (χ4n) is 2.65. The van der Waals surface area contributed by atoms with Crippen molar-refractivity contribution in [3.05, 3.63) is 66.1 Å². The third-order valence-electron chi connectivity index (χ3n) is 4.04. The van der Waals surface area contributed by atoms with Crippen molar-refractivity contribution in [1.29, 1.82) is 0 Å². The highest BCUT2D eigenvalue weighted by Gasteiger charge is 2.29. The monoisotopic (exact) mass is 309 g/mol. The van der Waals surface area contributed by atoms with Crippen LogP contribution >= 0.6 is 0 Å². The fraction of sp³-hybridized carbons (Fsp3) is 0.222. The maximum atomic E-state index is 13.5. The van der Waals surface area contributed by atoms with Gasteiger partial charge in [-0.1, -0.05) is 30.3 Å². The van der Waals surface area contributed by atoms with Crippen LogP contribution in [0, 0.1) is 5.82 Å². The molecule has 1 aliphatic rings. The standard InChI is InChI=1S/C18H16FN3O/c19-15-6-2-1-5-13(15)12-23-14-10-22(11-14)18-9-20-16-7-3-4-8-17(16)21-18/h1-9,14H,10-12H2. The smallest absolute Gasteiger partial charge is 0.148 e. The van der Waals surface area contributed by atoms with Crippen molar-refractivity contribution in [3.63, 3.8) is 0 Å². The SMILES string of the molecule is Fc1ccccc1COC1CN(c2cnc3ccccc3n2)C1. The van der Waals surface area contributed by atoms with Crippen LogP contribution in [0.3, 0.4) is 0 Å². The first kappa shape index (κ1) is 14.1. The van der Waals surface area contributed by atoms with Crippen LogP contribution in [0.15, 0.2) is 54.7 Å². The molecule has 0 atom stereocenters. The Balaban J connectivity index is 1.36. The molecule has 0 spiro atoms. The molecule has 1 aliphatic heterocycles. The quantitative estimate of drug-likeness (QED) is 0.742. The summed E-state index contributed by atoms with van der Waals surface area (Å²) in [5.74, 6) is 0.638. The third kappa shape index (κ3) is 2.87. The number of nitrogens with zero attached hydrogens (tertiary/aromatic N) is 3. The van der Waals surface area contributed by atoms with Crippen molar-refractivity contribution in [1.82, 2.24) is 9.97 Å². The molecule has 1 fully saturated rings. The summed E-state index contributed by atoms with van der Waals surface area (Å²) in [7, 11) is 0. The Morgan fingerprint density at radius 1 is 1.04 bits per heavy atom. The van der Waals surface area contributed by atoms with Gasteiger partial charge in [0.2, 0.25) is 0 Å². The minimum absolute atomic E-state index is 0.0999. The second-order valence-electron chi connectivity index (χ2n) is 5.65. The summed E-state index contributed by atoms with van der Waals surface area (Å²) in [6, 6.07) is 14.5. The molecule has 2 heterocycles. The molecule has 4 nitrogen and oxygen atoms in total. The van der Waals surface area contributed by atoms with Crippen molar-refractivity contribution >= 4 is 16.9 Å². The Morgan fingerprint density at radius 2 is 1.78 bits per heavy atom. The average Bonchev–Trinajstić information content (AvgIpc) is 2.55. The zero-order valence-electron chi connectivity index (χ0n) is 12.5. The van der Waals surface area contributed by atoms with E-state index in [0.29, 0.717) is 12.2 Å². The van der Waals surface area contributed by atoms with Gasteiger partial charge in [0.1, 0.15) is 11.6 Å². The van der Waals surface area contributed by atoms with Crippen molar-refractivity contribution in [2.45, 2.75) is 12.7 Å². The van der Waals surface area contributed by atoms with Crippen LogP contribution in [0.25, 0.3) is 11.0 Å². The Kier molecular flexibility index (Phi) is 3.63. The summed E-state index contributed by atoms with van der Waals surface area (Å²) in [6.45, 7) is 1.80. The van der Waals surface area contributed by atoms with Gasteiger partial charge in [-0.2, -0.15) is 0 Å². The highest BCUT2D eigenvalue weighted by molar-refractivity contribution is 5.75. The number of rotatable bonds is 4. The normalized spacial score (nSPS) is 14.9. The van der Waals surface area contributed by atoms with E-state index in [1.165, 1.54) is 6.07 Å². The van der Waals surface area contributed by atoms with Crippen LogP contribution in [0.5, 0.6) is 0 Å².